The van der Waals surface area contributed by atoms with E-state index < -0.39 is 5.97 Å². The van der Waals surface area contributed by atoms with Crippen LogP contribution in [0.4, 0.5) is 11.6 Å². The van der Waals surface area contributed by atoms with Crippen LogP contribution >= 0.6 is 0 Å². The molecule has 6 heteroatoms. The topological polar surface area (TPSA) is 84.3 Å². The summed E-state index contributed by atoms with van der Waals surface area (Å²) in [6.45, 7) is 3.90. The first-order valence-corrected chi connectivity index (χ1v) is 9.11. The maximum atomic E-state index is 11.3. The highest BCUT2D eigenvalue weighted by Crippen LogP contribution is 2.31. The summed E-state index contributed by atoms with van der Waals surface area (Å²) in [5, 5.41) is 14.4. The van der Waals surface area contributed by atoms with E-state index >= 15 is 0 Å². The van der Waals surface area contributed by atoms with Crippen LogP contribution in [0.2, 0.25) is 0 Å². The summed E-state index contributed by atoms with van der Waals surface area (Å²) in [6.07, 6.45) is 1.59. The second kappa shape index (κ2) is 7.59. The van der Waals surface area contributed by atoms with Crippen molar-refractivity contribution in [2.75, 3.05) is 5.32 Å². The van der Waals surface area contributed by atoms with Crippen molar-refractivity contribution < 1.29 is 14.6 Å². The Morgan fingerprint density at radius 2 is 1.79 bits per heavy atom. The third-order valence-corrected chi connectivity index (χ3v) is 4.53. The largest absolute Gasteiger partial charge is 0.478 e. The summed E-state index contributed by atoms with van der Waals surface area (Å²) in [5.74, 6) is 0.434. The van der Waals surface area contributed by atoms with Crippen LogP contribution in [0, 0.1) is 13.8 Å². The fourth-order valence-electron chi connectivity index (χ4n) is 3.19. The van der Waals surface area contributed by atoms with E-state index in [1.807, 2.05) is 43.3 Å². The Balaban J connectivity index is 1.62. The molecule has 0 spiro atoms. The minimum Gasteiger partial charge on any atom is -0.478 e. The van der Waals surface area contributed by atoms with Gasteiger partial charge < -0.3 is 15.2 Å². The molecule has 4 aromatic rings. The van der Waals surface area contributed by atoms with Gasteiger partial charge >= 0.3 is 5.97 Å². The number of carbonyl (C=O) groups is 1. The molecule has 0 radical (unpaired) electrons. The fourth-order valence-corrected chi connectivity index (χ4v) is 3.19. The number of aromatic nitrogens is 2. The van der Waals surface area contributed by atoms with E-state index in [4.69, 9.17) is 4.74 Å². The first-order chi connectivity index (χ1) is 14.0. The molecule has 2 N–H and O–H groups in total. The molecule has 29 heavy (non-hydrogen) atoms. The molecule has 0 saturated carbocycles. The normalized spacial score (nSPS) is 10.7. The Morgan fingerprint density at radius 3 is 2.59 bits per heavy atom. The first kappa shape index (κ1) is 18.4. The number of carboxylic acid groups (broad SMARTS) is 1. The molecule has 144 valence electrons. The van der Waals surface area contributed by atoms with Gasteiger partial charge in [0.1, 0.15) is 5.75 Å². The van der Waals surface area contributed by atoms with Crippen molar-refractivity contribution in [2.45, 2.75) is 13.8 Å². The lowest BCUT2D eigenvalue weighted by molar-refractivity contribution is 0.0697. The van der Waals surface area contributed by atoms with Gasteiger partial charge in [0.25, 0.3) is 0 Å². The maximum absolute atomic E-state index is 11.3. The molecule has 6 nitrogen and oxygen atoms in total. The Hall–Kier alpha value is -3.93. The van der Waals surface area contributed by atoms with E-state index in [-0.39, 0.29) is 5.56 Å². The fraction of sp³-hybridized carbons (Fsp3) is 0.0870. The van der Waals surface area contributed by atoms with Crippen LogP contribution in [0.1, 0.15) is 21.5 Å². The molecule has 0 aliphatic rings. The number of hydrogen-bond acceptors (Lipinski definition) is 5. The third-order valence-electron chi connectivity index (χ3n) is 4.53. The van der Waals surface area contributed by atoms with Gasteiger partial charge in [-0.3, -0.25) is 0 Å². The zero-order valence-corrected chi connectivity index (χ0v) is 16.0. The van der Waals surface area contributed by atoms with Gasteiger partial charge in [0, 0.05) is 23.3 Å². The number of nitrogens with one attached hydrogen (secondary N) is 1. The molecule has 0 saturated heterocycles. The number of rotatable bonds is 5. The summed E-state index contributed by atoms with van der Waals surface area (Å²) in [7, 11) is 0. The molecule has 1 heterocycles. The number of fused-ring (bicyclic) bond motifs is 1. The molecule has 4 rings (SSSR count). The molecular formula is C23H19N3O3. The molecule has 0 amide bonds. The molecular weight excluding hydrogens is 366 g/mol. The smallest absolute Gasteiger partial charge is 0.335 e. The highest BCUT2D eigenvalue weighted by Gasteiger charge is 2.09. The van der Waals surface area contributed by atoms with Crippen molar-refractivity contribution in [3.8, 4) is 11.6 Å². The molecule has 0 aliphatic carbocycles. The lowest BCUT2D eigenvalue weighted by Gasteiger charge is -2.11. The van der Waals surface area contributed by atoms with Gasteiger partial charge in [0.2, 0.25) is 11.8 Å². The Morgan fingerprint density at radius 1 is 1.00 bits per heavy atom. The zero-order valence-electron chi connectivity index (χ0n) is 16.0. The Labute approximate surface area is 167 Å². The number of aromatic carboxylic acids is 1. The third kappa shape index (κ3) is 4.01. The average Bonchev–Trinajstić information content (AvgIpc) is 2.70. The second-order valence-corrected chi connectivity index (χ2v) is 6.76. The van der Waals surface area contributed by atoms with Crippen LogP contribution in [0.3, 0.4) is 0 Å². The summed E-state index contributed by atoms with van der Waals surface area (Å²) in [5.41, 5.74) is 2.80. The standard InChI is InChI=1S/C23H19N3O3/c1-14-11-16(22(27)28)13-17(12-14)25-23-24-10-9-21(26-23)29-20-8-7-15(2)18-5-3-4-6-19(18)20/h3-13H,1-2H3,(H,27,28)(H,24,25,26). The number of ether oxygens (including phenoxy) is 1. The van der Waals surface area contributed by atoms with Crippen LogP contribution < -0.4 is 10.1 Å². The van der Waals surface area contributed by atoms with Crippen LogP contribution in [-0.2, 0) is 0 Å². The predicted molar refractivity (Wildman–Crippen MR) is 112 cm³/mol. The monoisotopic (exact) mass is 385 g/mol. The number of benzene rings is 3. The van der Waals surface area contributed by atoms with Crippen molar-refractivity contribution >= 4 is 28.4 Å². The lowest BCUT2D eigenvalue weighted by Crippen LogP contribution is -2.02. The summed E-state index contributed by atoms with van der Waals surface area (Å²) in [4.78, 5) is 19.9. The quantitative estimate of drug-likeness (QED) is 0.473. The van der Waals surface area contributed by atoms with Gasteiger partial charge in [-0.15, -0.1) is 0 Å². The molecule has 0 unspecified atom stereocenters. The number of nitrogens with zero attached hydrogens (tertiary/aromatic N) is 2. The minimum atomic E-state index is -0.985. The first-order valence-electron chi connectivity index (χ1n) is 9.11. The van der Waals surface area contributed by atoms with Gasteiger partial charge in [-0.1, -0.05) is 30.3 Å². The van der Waals surface area contributed by atoms with Gasteiger partial charge in [-0.25, -0.2) is 9.78 Å². The number of carboxylic acids is 1. The Kier molecular flexibility index (Phi) is 4.83. The highest BCUT2D eigenvalue weighted by atomic mass is 16.5. The van der Waals surface area contributed by atoms with E-state index in [2.05, 4.69) is 28.3 Å². The number of aryl methyl sites for hydroxylation is 2. The van der Waals surface area contributed by atoms with Crippen LogP contribution in [-0.4, -0.2) is 21.0 Å². The SMILES string of the molecule is Cc1cc(Nc2nccc(Oc3ccc(C)c4ccccc34)n2)cc(C(=O)O)c1. The second-order valence-electron chi connectivity index (χ2n) is 6.76. The van der Waals surface area contributed by atoms with E-state index in [0.717, 1.165) is 16.3 Å². The molecule has 3 aromatic carbocycles. The van der Waals surface area contributed by atoms with E-state index in [9.17, 15) is 9.90 Å². The predicted octanol–water partition coefficient (Wildman–Crippen LogP) is 5.48. The van der Waals surface area contributed by atoms with Crippen molar-refractivity contribution in [3.05, 3.63) is 83.6 Å². The summed E-state index contributed by atoms with van der Waals surface area (Å²) < 4.78 is 6.03. The van der Waals surface area contributed by atoms with Gasteiger partial charge in [-0.2, -0.15) is 4.98 Å². The van der Waals surface area contributed by atoms with Crippen molar-refractivity contribution in [2.24, 2.45) is 0 Å². The van der Waals surface area contributed by atoms with E-state index in [1.165, 1.54) is 5.56 Å². The van der Waals surface area contributed by atoms with Crippen molar-refractivity contribution in [1.82, 2.24) is 9.97 Å². The van der Waals surface area contributed by atoms with Gasteiger partial charge in [-0.05, 0) is 54.6 Å². The van der Waals surface area contributed by atoms with Gasteiger partial charge in [0.05, 0.1) is 5.56 Å². The van der Waals surface area contributed by atoms with Crippen LogP contribution in [0.25, 0.3) is 10.8 Å². The highest BCUT2D eigenvalue weighted by molar-refractivity contribution is 5.91. The lowest BCUT2D eigenvalue weighted by atomic mass is 10.1. The average molecular weight is 385 g/mol. The van der Waals surface area contributed by atoms with Crippen LogP contribution in [0.15, 0.2) is 66.9 Å². The van der Waals surface area contributed by atoms with E-state index in [1.54, 1.807) is 24.4 Å². The number of anilines is 2. The number of hydrogen-bond donors (Lipinski definition) is 2. The molecule has 0 aliphatic heterocycles. The van der Waals surface area contributed by atoms with Gasteiger partial charge in [0.15, 0.2) is 0 Å². The Bertz CT molecular complexity index is 1220. The van der Waals surface area contributed by atoms with Crippen molar-refractivity contribution in [1.29, 1.82) is 0 Å². The summed E-state index contributed by atoms with van der Waals surface area (Å²) in [6, 6.07) is 18.6. The summed E-state index contributed by atoms with van der Waals surface area (Å²) >= 11 is 0. The molecule has 1 aromatic heterocycles. The van der Waals surface area contributed by atoms with Crippen LogP contribution in [0.5, 0.6) is 11.6 Å². The molecule has 0 fully saturated rings. The zero-order chi connectivity index (χ0) is 20.4. The van der Waals surface area contributed by atoms with Crippen molar-refractivity contribution in [3.63, 3.8) is 0 Å². The maximum Gasteiger partial charge on any atom is 0.335 e. The molecule has 0 atom stereocenters. The van der Waals surface area contributed by atoms with E-state index in [0.29, 0.717) is 23.3 Å². The minimum absolute atomic E-state index is 0.200. The molecule has 0 bridgehead atoms.